The predicted molar refractivity (Wildman–Crippen MR) is 175 cm³/mol. The molecule has 0 aliphatic rings. The zero-order valence-corrected chi connectivity index (χ0v) is 28.4. The van der Waals surface area contributed by atoms with Gasteiger partial charge in [-0.2, -0.15) is 17.8 Å². The molecule has 0 radical (unpaired) electrons. The lowest BCUT2D eigenvalue weighted by Gasteiger charge is -2.23. The van der Waals surface area contributed by atoms with Crippen LogP contribution in [0.5, 0.6) is 5.75 Å². The number of fused-ring (bicyclic) bond motifs is 1. The molecule has 244 valence electrons. The third-order valence-corrected chi connectivity index (χ3v) is 10.7. The van der Waals surface area contributed by atoms with E-state index < -0.39 is 45.7 Å². The Morgan fingerprint density at radius 3 is 2.04 bits per heavy atom. The summed E-state index contributed by atoms with van der Waals surface area (Å²) in [4.78, 5) is 12.6. The topological polar surface area (TPSA) is 181 Å². The molecule has 13 nitrogen and oxygen atoms in total. The molecule has 4 aromatic carbocycles. The summed E-state index contributed by atoms with van der Waals surface area (Å²) >= 11 is 0. The Labute approximate surface area is 271 Å². The fourth-order valence-corrected chi connectivity index (χ4v) is 7.06. The summed E-state index contributed by atoms with van der Waals surface area (Å²) in [6, 6.07) is 18.4. The van der Waals surface area contributed by atoms with Crippen LogP contribution in [0.1, 0.15) is 31.1 Å². The van der Waals surface area contributed by atoms with Crippen LogP contribution in [0.25, 0.3) is 10.8 Å². The van der Waals surface area contributed by atoms with E-state index in [0.29, 0.717) is 0 Å². The minimum Gasteiger partial charge on any atom is -0.421 e. The van der Waals surface area contributed by atoms with E-state index in [4.69, 9.17) is 15.4 Å². The van der Waals surface area contributed by atoms with Gasteiger partial charge in [0.15, 0.2) is 5.75 Å². The molecule has 4 aromatic rings. The molecule has 0 unspecified atom stereocenters. The van der Waals surface area contributed by atoms with Gasteiger partial charge in [0.2, 0.25) is 10.0 Å². The van der Waals surface area contributed by atoms with Gasteiger partial charge < -0.3 is 4.74 Å². The van der Waals surface area contributed by atoms with Gasteiger partial charge in [0, 0.05) is 41.1 Å². The number of anilines is 1. The fourth-order valence-electron chi connectivity index (χ4n) is 4.08. The molecule has 0 aliphatic carbocycles. The SMILES string of the molecule is CN(C)S(=O)(=O)Nc1cccc2c(OC(=O)c3ccccc3)c(S(=O)(=O)NC(C)(C)C)cc(/N=N/c3ccc(S(=O)(=O)Cl)cc3)c12. The summed E-state index contributed by atoms with van der Waals surface area (Å²) in [5, 5.41) is 8.46. The Morgan fingerprint density at radius 2 is 1.48 bits per heavy atom. The molecule has 0 heterocycles. The average molecular weight is 708 g/mol. The van der Waals surface area contributed by atoms with E-state index in [1.807, 2.05) is 0 Å². The summed E-state index contributed by atoms with van der Waals surface area (Å²) in [6.07, 6.45) is 0. The number of nitrogens with zero attached hydrogens (tertiary/aromatic N) is 3. The molecule has 0 amide bonds. The summed E-state index contributed by atoms with van der Waals surface area (Å²) in [5.74, 6) is -1.24. The maximum absolute atomic E-state index is 13.8. The van der Waals surface area contributed by atoms with E-state index >= 15 is 0 Å². The number of halogens is 1. The first-order chi connectivity index (χ1) is 21.3. The number of carbonyl (C=O) groups is 1. The highest BCUT2D eigenvalue weighted by Gasteiger charge is 2.31. The predicted octanol–water partition coefficient (Wildman–Crippen LogP) is 5.70. The van der Waals surface area contributed by atoms with Gasteiger partial charge in [-0.05, 0) is 69.3 Å². The van der Waals surface area contributed by atoms with E-state index in [9.17, 15) is 30.0 Å². The van der Waals surface area contributed by atoms with Gasteiger partial charge >= 0.3 is 16.2 Å². The first-order valence-electron chi connectivity index (χ1n) is 13.4. The lowest BCUT2D eigenvalue weighted by Crippen LogP contribution is -2.40. The van der Waals surface area contributed by atoms with E-state index in [2.05, 4.69) is 19.7 Å². The molecular formula is C29H30ClN5O8S3. The normalized spacial score (nSPS) is 12.9. The first kappa shape index (κ1) is 34.9. The van der Waals surface area contributed by atoms with Crippen LogP contribution in [0, 0.1) is 0 Å². The highest BCUT2D eigenvalue weighted by Crippen LogP contribution is 2.44. The molecule has 0 atom stereocenters. The van der Waals surface area contributed by atoms with Crippen molar-refractivity contribution in [1.82, 2.24) is 9.03 Å². The summed E-state index contributed by atoms with van der Waals surface area (Å²) in [7, 11) is -4.47. The van der Waals surface area contributed by atoms with Crippen LogP contribution in [0.4, 0.5) is 17.1 Å². The number of nitrogens with one attached hydrogen (secondary N) is 2. The van der Waals surface area contributed by atoms with Gasteiger partial charge in [0.05, 0.1) is 27.5 Å². The zero-order chi connectivity index (χ0) is 34.1. The molecule has 0 saturated heterocycles. The van der Waals surface area contributed by atoms with Crippen molar-refractivity contribution in [2.75, 3.05) is 18.8 Å². The molecule has 0 aromatic heterocycles. The number of ether oxygens (including phenoxy) is 1. The van der Waals surface area contributed by atoms with Crippen molar-refractivity contribution in [2.24, 2.45) is 10.2 Å². The second kappa shape index (κ2) is 13.1. The van der Waals surface area contributed by atoms with Crippen molar-refractivity contribution in [3.8, 4) is 5.75 Å². The smallest absolute Gasteiger partial charge is 0.343 e. The van der Waals surface area contributed by atoms with Crippen molar-refractivity contribution in [3.05, 3.63) is 84.4 Å². The Hall–Kier alpha value is -3.93. The lowest BCUT2D eigenvalue weighted by atomic mass is 10.1. The molecule has 0 bridgehead atoms. The Bertz CT molecular complexity index is 2150. The van der Waals surface area contributed by atoms with Gasteiger partial charge in [-0.3, -0.25) is 4.72 Å². The minimum atomic E-state index is -4.41. The number of carbonyl (C=O) groups excluding carboxylic acids is 1. The first-order valence-corrected chi connectivity index (χ1v) is 18.6. The van der Waals surface area contributed by atoms with Crippen LogP contribution in [0.3, 0.4) is 0 Å². The molecular weight excluding hydrogens is 678 g/mol. The molecule has 0 spiro atoms. The van der Waals surface area contributed by atoms with E-state index in [1.54, 1.807) is 39.0 Å². The van der Waals surface area contributed by atoms with Crippen LogP contribution in [0.15, 0.2) is 98.9 Å². The standard InChI is InChI=1S/C29H30ClN5O8S3/c1-29(2,3)34-45(39,40)25-18-24(32-31-20-14-16-21(17-15-20)44(30,37)38)26-22(12-9-13-23(26)33-46(41,42)35(4)5)27(25)43-28(36)19-10-7-6-8-11-19/h6-18,33-34H,1-5H3/b32-31+. The minimum absolute atomic E-state index is 0.0199. The quantitative estimate of drug-likeness (QED) is 0.0912. The van der Waals surface area contributed by atoms with Crippen molar-refractivity contribution in [3.63, 3.8) is 0 Å². The summed E-state index contributed by atoms with van der Waals surface area (Å²) in [5.41, 5.74) is -0.786. The molecule has 4 rings (SSSR count). The molecule has 0 saturated carbocycles. The Kier molecular flexibility index (Phi) is 9.91. The van der Waals surface area contributed by atoms with Crippen molar-refractivity contribution >= 4 is 73.8 Å². The lowest BCUT2D eigenvalue weighted by molar-refractivity contribution is 0.0732. The van der Waals surface area contributed by atoms with E-state index in [1.165, 1.54) is 68.7 Å². The third kappa shape index (κ3) is 8.26. The number of esters is 1. The van der Waals surface area contributed by atoms with Gasteiger partial charge in [-0.15, -0.1) is 5.11 Å². The number of hydrogen-bond donors (Lipinski definition) is 2. The fraction of sp³-hybridized carbons (Fsp3) is 0.207. The molecule has 17 heteroatoms. The van der Waals surface area contributed by atoms with Gasteiger partial charge in [-0.25, -0.2) is 26.4 Å². The highest BCUT2D eigenvalue weighted by atomic mass is 35.7. The number of rotatable bonds is 10. The number of hydrogen-bond acceptors (Lipinski definition) is 10. The third-order valence-electron chi connectivity index (χ3n) is 6.10. The summed E-state index contributed by atoms with van der Waals surface area (Å²) in [6.45, 7) is 4.88. The largest absolute Gasteiger partial charge is 0.421 e. The van der Waals surface area contributed by atoms with Crippen molar-refractivity contribution < 1.29 is 34.8 Å². The van der Waals surface area contributed by atoms with Crippen molar-refractivity contribution in [1.29, 1.82) is 0 Å². The van der Waals surface area contributed by atoms with Gasteiger partial charge in [0.1, 0.15) is 4.90 Å². The number of benzene rings is 4. The maximum Gasteiger partial charge on any atom is 0.343 e. The summed E-state index contributed by atoms with van der Waals surface area (Å²) < 4.78 is 88.4. The highest BCUT2D eigenvalue weighted by molar-refractivity contribution is 8.13. The second-order valence-corrected chi connectivity index (χ2v) is 17.2. The maximum atomic E-state index is 13.8. The average Bonchev–Trinajstić information content (AvgIpc) is 2.95. The Morgan fingerprint density at radius 1 is 0.848 bits per heavy atom. The van der Waals surface area contributed by atoms with Crippen LogP contribution in [-0.2, 0) is 29.3 Å². The molecule has 0 fully saturated rings. The van der Waals surface area contributed by atoms with Gasteiger partial charge in [0.25, 0.3) is 9.05 Å². The van der Waals surface area contributed by atoms with Crippen molar-refractivity contribution in [2.45, 2.75) is 36.1 Å². The Balaban J connectivity index is 2.04. The van der Waals surface area contributed by atoms with Crippen LogP contribution in [-0.4, -0.2) is 55.2 Å². The zero-order valence-electron chi connectivity index (χ0n) is 25.2. The van der Waals surface area contributed by atoms with E-state index in [0.717, 1.165) is 10.4 Å². The van der Waals surface area contributed by atoms with Crippen LogP contribution < -0.4 is 14.2 Å². The van der Waals surface area contributed by atoms with Crippen LogP contribution >= 0.6 is 10.7 Å². The van der Waals surface area contributed by atoms with Gasteiger partial charge in [-0.1, -0.05) is 30.3 Å². The molecule has 2 N–H and O–H groups in total. The molecule has 46 heavy (non-hydrogen) atoms. The number of azo groups is 1. The van der Waals surface area contributed by atoms with Crippen LogP contribution in [0.2, 0.25) is 0 Å². The monoisotopic (exact) mass is 707 g/mol. The number of sulfonamides is 1. The molecule has 0 aliphatic heterocycles. The second-order valence-electron chi connectivity index (χ2n) is 11.1. The van der Waals surface area contributed by atoms with E-state index in [-0.39, 0.29) is 44.0 Å².